The van der Waals surface area contributed by atoms with Crippen LogP contribution in [0.2, 0.25) is 0 Å². The number of carbonyl (C=O) groups excluding carboxylic acids is 1. The van der Waals surface area contributed by atoms with Gasteiger partial charge in [-0.25, -0.2) is 0 Å². The fraction of sp³-hybridized carbons (Fsp3) is 0.438. The lowest BCUT2D eigenvalue weighted by Gasteiger charge is -2.20. The van der Waals surface area contributed by atoms with E-state index in [1.54, 1.807) is 30.4 Å². The van der Waals surface area contributed by atoms with Crippen LogP contribution in [0.5, 0.6) is 11.5 Å². The van der Waals surface area contributed by atoms with Crippen molar-refractivity contribution >= 4 is 5.91 Å². The molecule has 0 bridgehead atoms. The number of rotatable bonds is 5. The van der Waals surface area contributed by atoms with E-state index in [2.05, 4.69) is 15.4 Å². The molecule has 2 aromatic heterocycles. The fourth-order valence-corrected chi connectivity index (χ4v) is 2.61. The summed E-state index contributed by atoms with van der Waals surface area (Å²) in [6.45, 7) is 2.63. The highest BCUT2D eigenvalue weighted by molar-refractivity contribution is 5.96. The standard InChI is InChI=1S/C16H20N4O4/c1-10-12(5-17-6-14(10)22-3)16(21)19-13-8-23-9-15(13)24-11-4-18-20(2)7-11/h4-7,13,15H,8-9H2,1-3H3,(H,19,21)/t13-,15+/m0/s1. The molecule has 24 heavy (non-hydrogen) atoms. The summed E-state index contributed by atoms with van der Waals surface area (Å²) in [5.74, 6) is 0.995. The van der Waals surface area contributed by atoms with E-state index in [1.807, 2.05) is 14.0 Å². The van der Waals surface area contributed by atoms with Gasteiger partial charge in [0.1, 0.15) is 11.9 Å². The predicted molar refractivity (Wildman–Crippen MR) is 85.2 cm³/mol. The molecule has 0 saturated carbocycles. The SMILES string of the molecule is COc1cncc(C(=O)N[C@H]2COC[C@H]2Oc2cnn(C)c2)c1C. The summed E-state index contributed by atoms with van der Waals surface area (Å²) in [7, 11) is 3.37. The number of ether oxygens (including phenoxy) is 3. The van der Waals surface area contributed by atoms with Crippen LogP contribution in [-0.2, 0) is 11.8 Å². The van der Waals surface area contributed by atoms with Crippen LogP contribution in [0.25, 0.3) is 0 Å². The van der Waals surface area contributed by atoms with Crippen LogP contribution in [0.15, 0.2) is 24.8 Å². The van der Waals surface area contributed by atoms with Crippen LogP contribution in [0.4, 0.5) is 0 Å². The van der Waals surface area contributed by atoms with E-state index in [4.69, 9.17) is 14.2 Å². The molecule has 3 heterocycles. The maximum atomic E-state index is 12.6. The zero-order valence-corrected chi connectivity index (χ0v) is 13.9. The number of nitrogens with one attached hydrogen (secondary N) is 1. The van der Waals surface area contributed by atoms with E-state index in [0.29, 0.717) is 30.3 Å². The predicted octanol–water partition coefficient (Wildman–Crippen LogP) is 0.708. The first-order valence-electron chi connectivity index (χ1n) is 7.61. The van der Waals surface area contributed by atoms with E-state index in [9.17, 15) is 4.79 Å². The summed E-state index contributed by atoms with van der Waals surface area (Å²) in [5, 5.41) is 7.02. The molecule has 0 unspecified atom stereocenters. The Morgan fingerprint density at radius 3 is 2.92 bits per heavy atom. The third kappa shape index (κ3) is 3.33. The summed E-state index contributed by atoms with van der Waals surface area (Å²) < 4.78 is 18.2. The summed E-state index contributed by atoms with van der Waals surface area (Å²) in [5.41, 5.74) is 1.22. The highest BCUT2D eigenvalue weighted by atomic mass is 16.5. The Hall–Kier alpha value is -2.61. The quantitative estimate of drug-likeness (QED) is 0.868. The molecule has 2 atom stereocenters. The van der Waals surface area contributed by atoms with Crippen LogP contribution in [-0.4, -0.2) is 53.1 Å². The minimum Gasteiger partial charge on any atom is -0.495 e. The molecule has 1 saturated heterocycles. The smallest absolute Gasteiger partial charge is 0.253 e. The summed E-state index contributed by atoms with van der Waals surface area (Å²) in [6, 6.07) is -0.247. The van der Waals surface area contributed by atoms with Gasteiger partial charge < -0.3 is 19.5 Å². The summed E-state index contributed by atoms with van der Waals surface area (Å²) in [6.07, 6.45) is 6.25. The van der Waals surface area contributed by atoms with Crippen molar-refractivity contribution in [2.24, 2.45) is 7.05 Å². The highest BCUT2D eigenvalue weighted by Crippen LogP contribution is 2.20. The van der Waals surface area contributed by atoms with Gasteiger partial charge in [-0.1, -0.05) is 0 Å². The van der Waals surface area contributed by atoms with E-state index in [1.165, 1.54) is 6.20 Å². The highest BCUT2D eigenvalue weighted by Gasteiger charge is 2.32. The molecule has 1 aliphatic rings. The second-order valence-electron chi connectivity index (χ2n) is 5.64. The van der Waals surface area contributed by atoms with Gasteiger partial charge in [0.2, 0.25) is 0 Å². The molecular weight excluding hydrogens is 312 g/mol. The Bertz CT molecular complexity index is 731. The minimum atomic E-state index is -0.267. The molecule has 1 amide bonds. The van der Waals surface area contributed by atoms with Crippen LogP contribution in [0, 0.1) is 6.92 Å². The molecule has 0 aliphatic carbocycles. The fourth-order valence-electron chi connectivity index (χ4n) is 2.61. The van der Waals surface area contributed by atoms with Crippen LogP contribution in [0.1, 0.15) is 15.9 Å². The minimum absolute atomic E-state index is 0.228. The van der Waals surface area contributed by atoms with E-state index in [-0.39, 0.29) is 18.1 Å². The van der Waals surface area contributed by atoms with Gasteiger partial charge in [0, 0.05) is 18.8 Å². The van der Waals surface area contributed by atoms with Crippen molar-refractivity contribution in [1.82, 2.24) is 20.1 Å². The van der Waals surface area contributed by atoms with E-state index >= 15 is 0 Å². The van der Waals surface area contributed by atoms with Gasteiger partial charge in [-0.05, 0) is 6.92 Å². The third-order valence-corrected chi connectivity index (χ3v) is 3.95. The number of amides is 1. The molecule has 0 radical (unpaired) electrons. The maximum absolute atomic E-state index is 12.6. The van der Waals surface area contributed by atoms with Gasteiger partial charge in [-0.15, -0.1) is 0 Å². The van der Waals surface area contributed by atoms with Gasteiger partial charge in [0.25, 0.3) is 5.91 Å². The van der Waals surface area contributed by atoms with Crippen LogP contribution >= 0.6 is 0 Å². The molecule has 8 heteroatoms. The monoisotopic (exact) mass is 332 g/mol. The molecule has 128 valence electrons. The lowest BCUT2D eigenvalue weighted by Crippen LogP contribution is -2.45. The Labute approximate surface area is 139 Å². The first-order chi connectivity index (χ1) is 11.6. The molecule has 1 aliphatic heterocycles. The maximum Gasteiger partial charge on any atom is 0.253 e. The van der Waals surface area contributed by atoms with Crippen molar-refractivity contribution in [3.63, 3.8) is 0 Å². The Balaban J connectivity index is 1.69. The number of methoxy groups -OCH3 is 1. The number of hydrogen-bond acceptors (Lipinski definition) is 6. The summed E-state index contributed by atoms with van der Waals surface area (Å²) in [4.78, 5) is 16.6. The first-order valence-corrected chi connectivity index (χ1v) is 7.61. The van der Waals surface area contributed by atoms with Gasteiger partial charge in [0.15, 0.2) is 5.75 Å². The van der Waals surface area contributed by atoms with E-state index in [0.717, 1.165) is 5.56 Å². The van der Waals surface area contributed by atoms with Gasteiger partial charge in [-0.2, -0.15) is 5.10 Å². The second-order valence-corrected chi connectivity index (χ2v) is 5.64. The molecule has 0 aromatic carbocycles. The molecule has 1 N–H and O–H groups in total. The van der Waals surface area contributed by atoms with Crippen molar-refractivity contribution in [2.75, 3.05) is 20.3 Å². The topological polar surface area (TPSA) is 87.5 Å². The lowest BCUT2D eigenvalue weighted by molar-refractivity contribution is 0.0902. The lowest BCUT2D eigenvalue weighted by atomic mass is 10.1. The average molecular weight is 332 g/mol. The normalized spacial score (nSPS) is 20.0. The third-order valence-electron chi connectivity index (χ3n) is 3.95. The number of nitrogens with zero attached hydrogens (tertiary/aromatic N) is 3. The molecule has 3 rings (SSSR count). The largest absolute Gasteiger partial charge is 0.495 e. The second kappa shape index (κ2) is 6.88. The van der Waals surface area contributed by atoms with Crippen molar-refractivity contribution < 1.29 is 19.0 Å². The van der Waals surface area contributed by atoms with Crippen LogP contribution in [0.3, 0.4) is 0 Å². The van der Waals surface area contributed by atoms with Gasteiger partial charge >= 0.3 is 0 Å². The molecule has 2 aromatic rings. The number of pyridine rings is 1. The average Bonchev–Trinajstić information content (AvgIpc) is 3.17. The Kier molecular flexibility index (Phi) is 4.66. The number of carbonyl (C=O) groups is 1. The zero-order valence-electron chi connectivity index (χ0n) is 13.9. The van der Waals surface area contributed by atoms with Crippen molar-refractivity contribution in [2.45, 2.75) is 19.1 Å². The van der Waals surface area contributed by atoms with Crippen LogP contribution < -0.4 is 14.8 Å². The molecule has 1 fully saturated rings. The van der Waals surface area contributed by atoms with Crippen molar-refractivity contribution in [3.8, 4) is 11.5 Å². The van der Waals surface area contributed by atoms with Gasteiger partial charge in [0.05, 0.1) is 50.5 Å². The van der Waals surface area contributed by atoms with Crippen molar-refractivity contribution in [1.29, 1.82) is 0 Å². The Morgan fingerprint density at radius 1 is 1.38 bits per heavy atom. The van der Waals surface area contributed by atoms with Gasteiger partial charge in [-0.3, -0.25) is 14.5 Å². The molecule has 8 nitrogen and oxygen atoms in total. The van der Waals surface area contributed by atoms with Crippen molar-refractivity contribution in [3.05, 3.63) is 35.9 Å². The number of aryl methyl sites for hydroxylation is 1. The number of hydrogen-bond donors (Lipinski definition) is 1. The van der Waals surface area contributed by atoms with E-state index < -0.39 is 0 Å². The Morgan fingerprint density at radius 2 is 2.21 bits per heavy atom. The summed E-state index contributed by atoms with van der Waals surface area (Å²) >= 11 is 0. The zero-order chi connectivity index (χ0) is 17.1. The number of aromatic nitrogens is 3. The molecular formula is C16H20N4O4. The molecule has 0 spiro atoms. The first kappa shape index (κ1) is 16.3.